The van der Waals surface area contributed by atoms with E-state index in [4.69, 9.17) is 11.6 Å². The smallest absolute Gasteiger partial charge is 0.279 e. The molecule has 0 unspecified atom stereocenters. The zero-order valence-corrected chi connectivity index (χ0v) is 13.5. The number of amides is 1. The first-order chi connectivity index (χ1) is 10.5. The van der Waals surface area contributed by atoms with Gasteiger partial charge in [0.15, 0.2) is 4.80 Å². The molecule has 0 bridgehead atoms. The molecule has 1 aromatic heterocycles. The third kappa shape index (κ3) is 2.58. The monoisotopic (exact) mass is 334 g/mol. The molecule has 6 heteroatoms. The summed E-state index contributed by atoms with van der Waals surface area (Å²) in [6, 6.07) is 9.10. The van der Waals surface area contributed by atoms with Crippen LogP contribution in [-0.2, 0) is 7.05 Å². The fourth-order valence-electron chi connectivity index (χ4n) is 2.26. The highest BCUT2D eigenvalue weighted by atomic mass is 35.5. The van der Waals surface area contributed by atoms with Gasteiger partial charge in [0.05, 0.1) is 15.2 Å². The number of aromatic nitrogens is 1. The Kier molecular flexibility index (Phi) is 3.85. The maximum Gasteiger partial charge on any atom is 0.279 e. The van der Waals surface area contributed by atoms with Crippen molar-refractivity contribution in [2.45, 2.75) is 6.92 Å². The Hall–Kier alpha value is -1.98. The molecule has 3 rings (SSSR count). The molecule has 0 aliphatic heterocycles. The first-order valence-corrected chi connectivity index (χ1v) is 7.76. The normalized spacial score (nSPS) is 12.1. The first kappa shape index (κ1) is 14.9. The molecule has 1 heterocycles. The molecule has 3 nitrogen and oxygen atoms in total. The van der Waals surface area contributed by atoms with Gasteiger partial charge in [0, 0.05) is 12.6 Å². The first-order valence-electron chi connectivity index (χ1n) is 6.56. The minimum Gasteiger partial charge on any atom is -0.319 e. The van der Waals surface area contributed by atoms with Crippen LogP contribution in [0.2, 0.25) is 5.02 Å². The molecule has 0 saturated heterocycles. The number of rotatable bonds is 1. The number of hydrogen-bond acceptors (Lipinski definition) is 2. The summed E-state index contributed by atoms with van der Waals surface area (Å²) in [6.07, 6.45) is 0. The number of halogens is 2. The van der Waals surface area contributed by atoms with Gasteiger partial charge in [0.25, 0.3) is 5.91 Å². The van der Waals surface area contributed by atoms with Crippen molar-refractivity contribution >= 4 is 39.1 Å². The highest BCUT2D eigenvalue weighted by molar-refractivity contribution is 7.17. The topological polar surface area (TPSA) is 34.4 Å². The lowest BCUT2D eigenvalue weighted by molar-refractivity contribution is 0.0998. The Morgan fingerprint density at radius 2 is 1.91 bits per heavy atom. The van der Waals surface area contributed by atoms with Gasteiger partial charge in [-0.3, -0.25) is 4.79 Å². The van der Waals surface area contributed by atoms with E-state index in [0.29, 0.717) is 15.4 Å². The molecule has 0 aliphatic rings. The van der Waals surface area contributed by atoms with E-state index in [2.05, 4.69) is 4.99 Å². The van der Waals surface area contributed by atoms with Crippen LogP contribution in [0.5, 0.6) is 0 Å². The number of benzene rings is 2. The van der Waals surface area contributed by atoms with Crippen LogP contribution in [0.25, 0.3) is 10.2 Å². The van der Waals surface area contributed by atoms with E-state index < -0.39 is 5.91 Å². The second-order valence-electron chi connectivity index (χ2n) is 4.91. The summed E-state index contributed by atoms with van der Waals surface area (Å²) in [5.74, 6) is -0.790. The fraction of sp³-hybridized carbons (Fsp3) is 0.125. The average Bonchev–Trinajstić information content (AvgIpc) is 2.82. The van der Waals surface area contributed by atoms with Gasteiger partial charge in [0.1, 0.15) is 5.82 Å². The van der Waals surface area contributed by atoms with Crippen LogP contribution in [-0.4, -0.2) is 10.5 Å². The predicted molar refractivity (Wildman–Crippen MR) is 86.8 cm³/mol. The van der Waals surface area contributed by atoms with Crippen molar-refractivity contribution in [2.75, 3.05) is 0 Å². The van der Waals surface area contributed by atoms with E-state index in [1.807, 2.05) is 30.7 Å². The van der Waals surface area contributed by atoms with E-state index in [0.717, 1.165) is 15.8 Å². The molecule has 0 radical (unpaired) electrons. The van der Waals surface area contributed by atoms with E-state index in [1.165, 1.54) is 35.6 Å². The van der Waals surface area contributed by atoms with Gasteiger partial charge in [-0.2, -0.15) is 4.99 Å². The van der Waals surface area contributed by atoms with E-state index in [-0.39, 0.29) is 5.82 Å². The summed E-state index contributed by atoms with van der Waals surface area (Å²) in [5, 5.41) is 0.636. The zero-order valence-electron chi connectivity index (χ0n) is 11.9. The van der Waals surface area contributed by atoms with Gasteiger partial charge in [-0.25, -0.2) is 4.39 Å². The SMILES string of the molecule is Cc1ccc(Cl)c2sc(=NC(=O)c3ccc(F)cc3)n(C)c12. The van der Waals surface area contributed by atoms with Gasteiger partial charge in [-0.05, 0) is 42.8 Å². The number of hydrogen-bond donors (Lipinski definition) is 0. The van der Waals surface area contributed by atoms with Gasteiger partial charge < -0.3 is 4.57 Å². The van der Waals surface area contributed by atoms with Crippen LogP contribution in [0.1, 0.15) is 15.9 Å². The quantitative estimate of drug-likeness (QED) is 0.660. The Balaban J connectivity index is 2.15. The summed E-state index contributed by atoms with van der Waals surface area (Å²) < 4.78 is 15.7. The lowest BCUT2D eigenvalue weighted by atomic mass is 10.2. The van der Waals surface area contributed by atoms with Crippen LogP contribution in [0.3, 0.4) is 0 Å². The van der Waals surface area contributed by atoms with E-state index in [1.54, 1.807) is 0 Å². The lowest BCUT2D eigenvalue weighted by Crippen LogP contribution is -2.13. The third-order valence-electron chi connectivity index (χ3n) is 3.39. The molecule has 0 spiro atoms. The maximum absolute atomic E-state index is 12.9. The van der Waals surface area contributed by atoms with Crippen LogP contribution < -0.4 is 4.80 Å². The molecular formula is C16H12ClFN2OS. The van der Waals surface area contributed by atoms with Gasteiger partial charge in [0.2, 0.25) is 0 Å². The number of thiazole rings is 1. The minimum absolute atomic E-state index is 0.349. The van der Waals surface area contributed by atoms with Crippen molar-refractivity contribution in [2.24, 2.45) is 12.0 Å². The highest BCUT2D eigenvalue weighted by Gasteiger charge is 2.11. The van der Waals surface area contributed by atoms with Crippen molar-refractivity contribution in [3.63, 3.8) is 0 Å². The standard InChI is InChI=1S/C16H12ClFN2OS/c1-9-3-8-12(17)14-13(9)20(2)16(22-14)19-15(21)10-4-6-11(18)7-5-10/h3-8H,1-2H3. The molecule has 2 aromatic carbocycles. The number of nitrogens with zero attached hydrogens (tertiary/aromatic N) is 2. The molecule has 0 saturated carbocycles. The van der Waals surface area contributed by atoms with Gasteiger partial charge >= 0.3 is 0 Å². The summed E-state index contributed by atoms with van der Waals surface area (Å²) in [5.41, 5.74) is 2.37. The highest BCUT2D eigenvalue weighted by Crippen LogP contribution is 2.28. The van der Waals surface area contributed by atoms with E-state index in [9.17, 15) is 9.18 Å². The van der Waals surface area contributed by atoms with Crippen molar-refractivity contribution in [1.29, 1.82) is 0 Å². The molecule has 0 N–H and O–H groups in total. The van der Waals surface area contributed by atoms with Gasteiger partial charge in [-0.15, -0.1) is 0 Å². The number of carbonyl (C=O) groups excluding carboxylic acids is 1. The molecule has 112 valence electrons. The van der Waals surface area contributed by atoms with Crippen molar-refractivity contribution in [3.8, 4) is 0 Å². The molecule has 0 fully saturated rings. The molecule has 0 atom stereocenters. The Labute approximate surface area is 135 Å². The maximum atomic E-state index is 12.9. The predicted octanol–water partition coefficient (Wildman–Crippen LogP) is 4.08. The molecule has 3 aromatic rings. The van der Waals surface area contributed by atoms with Crippen LogP contribution in [0, 0.1) is 12.7 Å². The molecule has 1 amide bonds. The Bertz CT molecular complexity index is 941. The van der Waals surface area contributed by atoms with Crippen molar-refractivity contribution in [1.82, 2.24) is 4.57 Å². The lowest BCUT2D eigenvalue weighted by Gasteiger charge is -2.00. The zero-order chi connectivity index (χ0) is 15.9. The number of fused-ring (bicyclic) bond motifs is 1. The Morgan fingerprint density at radius 1 is 1.23 bits per heavy atom. The van der Waals surface area contributed by atoms with Gasteiger partial charge in [-0.1, -0.05) is 29.0 Å². The molecular weight excluding hydrogens is 323 g/mol. The second kappa shape index (κ2) is 5.66. The summed E-state index contributed by atoms with van der Waals surface area (Å²) in [7, 11) is 1.85. The summed E-state index contributed by atoms with van der Waals surface area (Å²) >= 11 is 7.57. The number of carbonyl (C=O) groups is 1. The average molecular weight is 335 g/mol. The largest absolute Gasteiger partial charge is 0.319 e. The van der Waals surface area contributed by atoms with E-state index >= 15 is 0 Å². The summed E-state index contributed by atoms with van der Waals surface area (Å²) in [4.78, 5) is 16.9. The van der Waals surface area contributed by atoms with Crippen LogP contribution in [0.15, 0.2) is 41.4 Å². The van der Waals surface area contributed by atoms with Crippen molar-refractivity contribution < 1.29 is 9.18 Å². The minimum atomic E-state index is -0.407. The summed E-state index contributed by atoms with van der Waals surface area (Å²) in [6.45, 7) is 1.98. The second-order valence-corrected chi connectivity index (χ2v) is 6.29. The molecule has 22 heavy (non-hydrogen) atoms. The van der Waals surface area contributed by atoms with Crippen LogP contribution in [0.4, 0.5) is 4.39 Å². The third-order valence-corrected chi connectivity index (χ3v) is 4.98. The van der Waals surface area contributed by atoms with Crippen molar-refractivity contribution in [3.05, 3.63) is 63.2 Å². The number of aryl methyl sites for hydroxylation is 2. The van der Waals surface area contributed by atoms with Crippen LogP contribution >= 0.6 is 22.9 Å². The Morgan fingerprint density at radius 3 is 2.55 bits per heavy atom. The molecule has 0 aliphatic carbocycles. The fourth-order valence-corrected chi connectivity index (χ4v) is 3.62.